The van der Waals surface area contributed by atoms with Gasteiger partial charge in [0.25, 0.3) is 5.91 Å². The van der Waals surface area contributed by atoms with Crippen molar-refractivity contribution in [1.29, 1.82) is 0 Å². The van der Waals surface area contributed by atoms with Crippen LogP contribution in [0.4, 0.5) is 22.0 Å². The molecule has 0 aliphatic rings. The summed E-state index contributed by atoms with van der Waals surface area (Å²) in [5, 5.41) is 1.82. The summed E-state index contributed by atoms with van der Waals surface area (Å²) in [6.07, 6.45) is -4.76. The van der Waals surface area contributed by atoms with Crippen LogP contribution in [0, 0.1) is 11.6 Å². The van der Waals surface area contributed by atoms with Crippen LogP contribution in [0.1, 0.15) is 22.0 Å². The summed E-state index contributed by atoms with van der Waals surface area (Å²) in [5.74, 6) is -2.30. The molecule has 1 atom stereocenters. The quantitative estimate of drug-likeness (QED) is 0.852. The fourth-order valence-corrected chi connectivity index (χ4v) is 1.83. The van der Waals surface area contributed by atoms with Crippen LogP contribution in [0.15, 0.2) is 48.5 Å². The minimum Gasteiger partial charge on any atom is -0.337 e. The molecule has 2 aromatic carbocycles. The van der Waals surface area contributed by atoms with Crippen molar-refractivity contribution in [3.8, 4) is 0 Å². The highest BCUT2D eigenvalue weighted by Gasteiger charge is 2.42. The van der Waals surface area contributed by atoms with E-state index in [4.69, 9.17) is 0 Å². The van der Waals surface area contributed by atoms with Gasteiger partial charge in [-0.25, -0.2) is 8.78 Å². The van der Waals surface area contributed by atoms with Crippen LogP contribution in [-0.4, -0.2) is 12.1 Å². The molecule has 2 nitrogen and oxygen atoms in total. The number of rotatable bonds is 3. The van der Waals surface area contributed by atoms with Crippen LogP contribution in [-0.2, 0) is 0 Å². The monoisotopic (exact) mass is 315 g/mol. The Morgan fingerprint density at radius 3 is 1.77 bits per heavy atom. The van der Waals surface area contributed by atoms with Gasteiger partial charge in [0, 0.05) is 5.56 Å². The summed E-state index contributed by atoms with van der Waals surface area (Å²) >= 11 is 0. The Bertz CT molecular complexity index is 649. The molecule has 7 heteroatoms. The van der Waals surface area contributed by atoms with Crippen LogP contribution < -0.4 is 5.32 Å². The zero-order chi connectivity index (χ0) is 16.3. The number of halogens is 5. The van der Waals surface area contributed by atoms with E-state index in [1.165, 1.54) is 0 Å². The Balaban J connectivity index is 2.25. The van der Waals surface area contributed by atoms with Crippen LogP contribution in [0.25, 0.3) is 0 Å². The van der Waals surface area contributed by atoms with Crippen molar-refractivity contribution in [2.24, 2.45) is 0 Å². The van der Waals surface area contributed by atoms with E-state index in [1.807, 2.05) is 5.32 Å². The van der Waals surface area contributed by atoms with Crippen molar-refractivity contribution >= 4 is 5.91 Å². The molecule has 1 unspecified atom stereocenters. The van der Waals surface area contributed by atoms with Crippen molar-refractivity contribution in [3.63, 3.8) is 0 Å². The molecule has 0 fully saturated rings. The Kier molecular flexibility index (Phi) is 4.44. The van der Waals surface area contributed by atoms with E-state index in [0.29, 0.717) is 0 Å². The van der Waals surface area contributed by atoms with Crippen molar-refractivity contribution in [1.82, 2.24) is 5.32 Å². The number of amides is 1. The average Bonchev–Trinajstić information content (AvgIpc) is 2.45. The first kappa shape index (κ1) is 15.9. The maximum atomic E-state index is 13.1. The van der Waals surface area contributed by atoms with Crippen molar-refractivity contribution in [2.75, 3.05) is 0 Å². The number of nitrogens with one attached hydrogen (secondary N) is 1. The second kappa shape index (κ2) is 6.13. The third-order valence-corrected chi connectivity index (χ3v) is 2.91. The number of carbonyl (C=O) groups excluding carboxylic acids is 1. The third kappa shape index (κ3) is 3.81. The van der Waals surface area contributed by atoms with Gasteiger partial charge in [0.1, 0.15) is 11.6 Å². The number of benzene rings is 2. The maximum absolute atomic E-state index is 13.1. The van der Waals surface area contributed by atoms with Gasteiger partial charge >= 0.3 is 6.18 Å². The topological polar surface area (TPSA) is 29.1 Å². The summed E-state index contributed by atoms with van der Waals surface area (Å²) in [6.45, 7) is 0. The first-order valence-electron chi connectivity index (χ1n) is 6.16. The fourth-order valence-electron chi connectivity index (χ4n) is 1.83. The number of hydrogen-bond acceptors (Lipinski definition) is 1. The highest BCUT2D eigenvalue weighted by atomic mass is 19.4. The molecular formula is C15H10F5NO. The zero-order valence-corrected chi connectivity index (χ0v) is 11.0. The summed E-state index contributed by atoms with van der Waals surface area (Å²) in [7, 11) is 0. The molecule has 0 heterocycles. The molecule has 0 aliphatic heterocycles. The summed E-state index contributed by atoms with van der Waals surface area (Å²) in [5.41, 5.74) is -0.415. The van der Waals surface area contributed by atoms with E-state index in [-0.39, 0.29) is 11.1 Å². The Morgan fingerprint density at radius 1 is 0.864 bits per heavy atom. The number of hydrogen-bond donors (Lipinski definition) is 1. The van der Waals surface area contributed by atoms with Gasteiger partial charge in [0.2, 0.25) is 0 Å². The Morgan fingerprint density at radius 2 is 1.32 bits per heavy atom. The zero-order valence-electron chi connectivity index (χ0n) is 11.0. The van der Waals surface area contributed by atoms with E-state index in [1.54, 1.807) is 0 Å². The molecule has 0 radical (unpaired) electrons. The van der Waals surface area contributed by atoms with E-state index in [2.05, 4.69) is 0 Å². The van der Waals surface area contributed by atoms with Crippen molar-refractivity contribution < 1.29 is 26.7 Å². The molecule has 0 saturated carbocycles. The normalized spacial score (nSPS) is 12.8. The highest BCUT2D eigenvalue weighted by Crippen LogP contribution is 2.33. The first-order valence-corrected chi connectivity index (χ1v) is 6.16. The lowest BCUT2D eigenvalue weighted by Gasteiger charge is -2.22. The molecule has 1 amide bonds. The van der Waals surface area contributed by atoms with Gasteiger partial charge in [-0.1, -0.05) is 12.1 Å². The third-order valence-electron chi connectivity index (χ3n) is 2.91. The second-order valence-electron chi connectivity index (χ2n) is 4.51. The lowest BCUT2D eigenvalue weighted by molar-refractivity contribution is -0.155. The Labute approximate surface area is 122 Å². The predicted molar refractivity (Wildman–Crippen MR) is 69.1 cm³/mol. The standard InChI is InChI=1S/C15H10F5NO/c16-11-5-1-9(2-6-11)13(15(18,19)20)21-14(22)10-3-7-12(17)8-4-10/h1-8,13H,(H,21,22). The molecule has 116 valence electrons. The number of alkyl halides is 3. The van der Waals surface area contributed by atoms with E-state index >= 15 is 0 Å². The van der Waals surface area contributed by atoms with Crippen molar-refractivity contribution in [2.45, 2.75) is 12.2 Å². The number of carbonyl (C=O) groups is 1. The molecule has 0 spiro atoms. The molecule has 0 aliphatic carbocycles. The molecule has 0 saturated heterocycles. The SMILES string of the molecule is O=C(NC(c1ccc(F)cc1)C(F)(F)F)c1ccc(F)cc1. The summed E-state index contributed by atoms with van der Waals surface area (Å²) < 4.78 is 64.8. The molecule has 22 heavy (non-hydrogen) atoms. The van der Waals surface area contributed by atoms with Gasteiger partial charge in [-0.2, -0.15) is 13.2 Å². The molecule has 0 bridgehead atoms. The summed E-state index contributed by atoms with van der Waals surface area (Å²) in [6, 6.07) is 5.43. The summed E-state index contributed by atoms with van der Waals surface area (Å²) in [4.78, 5) is 11.8. The van der Waals surface area contributed by atoms with Gasteiger partial charge in [-0.05, 0) is 42.0 Å². The molecule has 1 N–H and O–H groups in total. The van der Waals surface area contributed by atoms with Gasteiger partial charge in [-0.15, -0.1) is 0 Å². The van der Waals surface area contributed by atoms with E-state index in [0.717, 1.165) is 48.5 Å². The Hall–Kier alpha value is -2.44. The van der Waals surface area contributed by atoms with Crippen LogP contribution in [0.3, 0.4) is 0 Å². The minimum atomic E-state index is -4.76. The minimum absolute atomic E-state index is 0.113. The average molecular weight is 315 g/mol. The second-order valence-corrected chi connectivity index (χ2v) is 4.51. The highest BCUT2D eigenvalue weighted by molar-refractivity contribution is 5.94. The lowest BCUT2D eigenvalue weighted by Crippen LogP contribution is -2.38. The molecule has 2 aromatic rings. The lowest BCUT2D eigenvalue weighted by atomic mass is 10.1. The molecular weight excluding hydrogens is 305 g/mol. The van der Waals surface area contributed by atoms with E-state index in [9.17, 15) is 26.7 Å². The van der Waals surface area contributed by atoms with Crippen LogP contribution in [0.5, 0.6) is 0 Å². The van der Waals surface area contributed by atoms with Crippen LogP contribution >= 0.6 is 0 Å². The smallest absolute Gasteiger partial charge is 0.337 e. The van der Waals surface area contributed by atoms with Crippen molar-refractivity contribution in [3.05, 3.63) is 71.3 Å². The maximum Gasteiger partial charge on any atom is 0.412 e. The molecule has 0 aromatic heterocycles. The van der Waals surface area contributed by atoms with E-state index < -0.39 is 29.8 Å². The van der Waals surface area contributed by atoms with Crippen LogP contribution in [0.2, 0.25) is 0 Å². The predicted octanol–water partition coefficient (Wildman–Crippen LogP) is 4.00. The van der Waals surface area contributed by atoms with Gasteiger partial charge in [0.15, 0.2) is 6.04 Å². The fraction of sp³-hybridized carbons (Fsp3) is 0.133. The largest absolute Gasteiger partial charge is 0.412 e. The molecule has 2 rings (SSSR count). The van der Waals surface area contributed by atoms with Gasteiger partial charge in [0.05, 0.1) is 0 Å². The van der Waals surface area contributed by atoms with Gasteiger partial charge in [-0.3, -0.25) is 4.79 Å². The van der Waals surface area contributed by atoms with Gasteiger partial charge < -0.3 is 5.32 Å². The first-order chi connectivity index (χ1) is 10.3.